The van der Waals surface area contributed by atoms with E-state index in [9.17, 15) is 0 Å². The molecule has 2 aliphatic rings. The molecule has 0 radical (unpaired) electrons. The van der Waals surface area contributed by atoms with Gasteiger partial charge >= 0.3 is 0 Å². The highest BCUT2D eigenvalue weighted by molar-refractivity contribution is 7.99. The highest BCUT2D eigenvalue weighted by Crippen LogP contribution is 2.51. The lowest BCUT2D eigenvalue weighted by Crippen LogP contribution is -2.38. The Morgan fingerprint density at radius 3 is 2.76 bits per heavy atom. The molecule has 0 amide bonds. The van der Waals surface area contributed by atoms with Crippen LogP contribution in [0.5, 0.6) is 0 Å². The minimum absolute atomic E-state index is 0.693. The lowest BCUT2D eigenvalue weighted by Gasteiger charge is -2.41. The number of nitrogens with zero attached hydrogens (tertiary/aromatic N) is 2. The van der Waals surface area contributed by atoms with Crippen molar-refractivity contribution in [3.05, 3.63) is 48.0 Å². The molecule has 0 spiro atoms. The molecule has 3 heteroatoms. The number of benzene rings is 2. The van der Waals surface area contributed by atoms with Crippen molar-refractivity contribution in [3.63, 3.8) is 0 Å². The second-order valence-electron chi connectivity index (χ2n) is 6.28. The molecule has 4 rings (SSSR count). The highest BCUT2D eigenvalue weighted by Gasteiger charge is 2.32. The molecule has 2 aromatic carbocycles. The summed E-state index contributed by atoms with van der Waals surface area (Å²) in [6.07, 6.45) is 1.20. The molecule has 0 aromatic heterocycles. The third-order valence-corrected chi connectivity index (χ3v) is 5.42. The SMILES string of the molecule is CN(C)C[C@@H]1Cc2cccc3c2N(C1)c1ccccc1S3. The van der Waals surface area contributed by atoms with E-state index >= 15 is 0 Å². The average molecular weight is 296 g/mol. The molecule has 108 valence electrons. The lowest BCUT2D eigenvalue weighted by atomic mass is 9.91. The maximum Gasteiger partial charge on any atom is 0.0585 e. The first kappa shape index (κ1) is 13.2. The maximum absolute atomic E-state index is 2.55. The fourth-order valence-corrected chi connectivity index (χ4v) is 4.74. The summed E-state index contributed by atoms with van der Waals surface area (Å²) < 4.78 is 0. The number of para-hydroxylation sites is 2. The van der Waals surface area contributed by atoms with Crippen LogP contribution in [0.25, 0.3) is 0 Å². The van der Waals surface area contributed by atoms with E-state index in [1.54, 1.807) is 0 Å². The van der Waals surface area contributed by atoms with Crippen LogP contribution in [-0.4, -0.2) is 32.1 Å². The molecule has 2 aliphatic heterocycles. The smallest absolute Gasteiger partial charge is 0.0585 e. The van der Waals surface area contributed by atoms with Gasteiger partial charge in [-0.05, 0) is 50.2 Å². The first-order valence-corrected chi connectivity index (χ1v) is 8.35. The van der Waals surface area contributed by atoms with E-state index in [4.69, 9.17) is 0 Å². The topological polar surface area (TPSA) is 6.48 Å². The van der Waals surface area contributed by atoms with Crippen molar-refractivity contribution < 1.29 is 0 Å². The van der Waals surface area contributed by atoms with Crippen molar-refractivity contribution >= 4 is 23.1 Å². The van der Waals surface area contributed by atoms with Crippen molar-refractivity contribution in [2.45, 2.75) is 16.2 Å². The van der Waals surface area contributed by atoms with E-state index in [1.165, 1.54) is 33.2 Å². The van der Waals surface area contributed by atoms with Crippen LogP contribution in [0, 0.1) is 5.92 Å². The third-order valence-electron chi connectivity index (χ3n) is 4.30. The predicted molar refractivity (Wildman–Crippen MR) is 89.8 cm³/mol. The zero-order chi connectivity index (χ0) is 14.4. The van der Waals surface area contributed by atoms with E-state index in [0.29, 0.717) is 5.92 Å². The van der Waals surface area contributed by atoms with Gasteiger partial charge in [-0.25, -0.2) is 0 Å². The van der Waals surface area contributed by atoms with Gasteiger partial charge in [0.1, 0.15) is 0 Å². The number of hydrogen-bond acceptors (Lipinski definition) is 3. The van der Waals surface area contributed by atoms with Crippen molar-refractivity contribution in [1.29, 1.82) is 0 Å². The van der Waals surface area contributed by atoms with Crippen LogP contribution in [0.3, 0.4) is 0 Å². The van der Waals surface area contributed by atoms with Crippen LogP contribution in [0.1, 0.15) is 5.56 Å². The Kier molecular flexibility index (Phi) is 3.20. The predicted octanol–water partition coefficient (Wildman–Crippen LogP) is 4.02. The first-order valence-electron chi connectivity index (χ1n) is 7.53. The second-order valence-corrected chi connectivity index (χ2v) is 7.36. The van der Waals surface area contributed by atoms with Crippen LogP contribution >= 0.6 is 11.8 Å². The fourth-order valence-electron chi connectivity index (χ4n) is 3.59. The van der Waals surface area contributed by atoms with Gasteiger partial charge < -0.3 is 9.80 Å². The summed E-state index contributed by atoms with van der Waals surface area (Å²) >= 11 is 1.91. The Morgan fingerprint density at radius 1 is 1.10 bits per heavy atom. The van der Waals surface area contributed by atoms with Gasteiger partial charge in [-0.3, -0.25) is 0 Å². The number of fused-ring (bicyclic) bond motifs is 2. The fraction of sp³-hybridized carbons (Fsp3) is 0.333. The molecular formula is C18H20N2S. The minimum atomic E-state index is 0.693. The lowest BCUT2D eigenvalue weighted by molar-refractivity contribution is 0.321. The summed E-state index contributed by atoms with van der Waals surface area (Å²) in [6, 6.07) is 15.6. The van der Waals surface area contributed by atoms with E-state index in [1.807, 2.05) is 11.8 Å². The molecule has 0 fully saturated rings. The highest BCUT2D eigenvalue weighted by atomic mass is 32.2. The van der Waals surface area contributed by atoms with Crippen LogP contribution < -0.4 is 4.90 Å². The van der Waals surface area contributed by atoms with Crippen LogP contribution in [0.2, 0.25) is 0 Å². The van der Waals surface area contributed by atoms with Gasteiger partial charge in [-0.2, -0.15) is 0 Å². The Morgan fingerprint density at radius 2 is 1.90 bits per heavy atom. The molecule has 21 heavy (non-hydrogen) atoms. The van der Waals surface area contributed by atoms with E-state index < -0.39 is 0 Å². The molecule has 0 saturated carbocycles. The van der Waals surface area contributed by atoms with E-state index in [0.717, 1.165) is 13.1 Å². The Labute approximate surface area is 130 Å². The summed E-state index contributed by atoms with van der Waals surface area (Å²) in [5, 5.41) is 0. The zero-order valence-electron chi connectivity index (χ0n) is 12.5. The molecule has 2 aromatic rings. The summed E-state index contributed by atoms with van der Waals surface area (Å²) in [6.45, 7) is 2.27. The zero-order valence-corrected chi connectivity index (χ0v) is 13.4. The summed E-state index contributed by atoms with van der Waals surface area (Å²) in [7, 11) is 4.35. The Balaban J connectivity index is 1.81. The number of rotatable bonds is 2. The molecule has 2 nitrogen and oxygen atoms in total. The number of anilines is 2. The molecular weight excluding hydrogens is 276 g/mol. The summed E-state index contributed by atoms with van der Waals surface area (Å²) in [5.41, 5.74) is 4.34. The molecule has 2 heterocycles. The second kappa shape index (κ2) is 5.08. The standard InChI is InChI=1S/C18H20N2S/c1-19(2)11-13-10-14-6-5-9-17-18(14)20(12-13)15-7-3-4-8-16(15)21-17/h3-9,13H,10-12H2,1-2H3/t13-/m0/s1. The number of hydrogen-bond donors (Lipinski definition) is 0. The molecule has 0 aliphatic carbocycles. The van der Waals surface area contributed by atoms with Crippen LogP contribution in [-0.2, 0) is 6.42 Å². The van der Waals surface area contributed by atoms with Gasteiger partial charge in [0, 0.05) is 22.9 Å². The van der Waals surface area contributed by atoms with Gasteiger partial charge in [0.2, 0.25) is 0 Å². The van der Waals surface area contributed by atoms with Crippen molar-refractivity contribution in [3.8, 4) is 0 Å². The first-order chi connectivity index (χ1) is 10.2. The largest absolute Gasteiger partial charge is 0.339 e. The Bertz CT molecular complexity index is 681. The third kappa shape index (κ3) is 2.25. The minimum Gasteiger partial charge on any atom is -0.339 e. The average Bonchev–Trinajstić information content (AvgIpc) is 2.47. The molecule has 0 N–H and O–H groups in total. The normalized spacial score (nSPS) is 19.4. The molecule has 0 unspecified atom stereocenters. The maximum atomic E-state index is 2.55. The van der Waals surface area contributed by atoms with Gasteiger partial charge in [0.05, 0.1) is 11.4 Å². The van der Waals surface area contributed by atoms with Crippen LogP contribution in [0.15, 0.2) is 52.3 Å². The molecule has 0 saturated heterocycles. The summed E-state index contributed by atoms with van der Waals surface area (Å²) in [5.74, 6) is 0.693. The summed E-state index contributed by atoms with van der Waals surface area (Å²) in [4.78, 5) is 7.65. The van der Waals surface area contributed by atoms with E-state index in [2.05, 4.69) is 66.4 Å². The molecule has 0 bridgehead atoms. The monoisotopic (exact) mass is 296 g/mol. The Hall–Kier alpha value is -1.45. The quantitative estimate of drug-likeness (QED) is 0.826. The van der Waals surface area contributed by atoms with Gasteiger partial charge in [-0.15, -0.1) is 0 Å². The van der Waals surface area contributed by atoms with Gasteiger partial charge in [-0.1, -0.05) is 36.0 Å². The van der Waals surface area contributed by atoms with Gasteiger partial charge in [0.25, 0.3) is 0 Å². The van der Waals surface area contributed by atoms with Crippen LogP contribution in [0.4, 0.5) is 11.4 Å². The van der Waals surface area contributed by atoms with Crippen molar-refractivity contribution in [2.24, 2.45) is 5.92 Å². The molecule has 1 atom stereocenters. The van der Waals surface area contributed by atoms with Crippen molar-refractivity contribution in [2.75, 3.05) is 32.1 Å². The van der Waals surface area contributed by atoms with E-state index in [-0.39, 0.29) is 0 Å². The van der Waals surface area contributed by atoms with Crippen molar-refractivity contribution in [1.82, 2.24) is 4.90 Å². The van der Waals surface area contributed by atoms with Gasteiger partial charge in [0.15, 0.2) is 0 Å².